The van der Waals surface area contributed by atoms with Crippen LogP contribution in [0.4, 0.5) is 14.0 Å². The van der Waals surface area contributed by atoms with Crippen molar-refractivity contribution in [2.45, 2.75) is 64.4 Å². The normalized spacial score (nSPS) is 14.7. The lowest BCUT2D eigenvalue weighted by Crippen LogP contribution is -2.48. The predicted octanol–water partition coefficient (Wildman–Crippen LogP) is 8.19. The lowest BCUT2D eigenvalue weighted by molar-refractivity contribution is 0.0481. The van der Waals surface area contributed by atoms with Crippen LogP contribution in [-0.2, 0) is 17.8 Å². The number of carbonyl (C=O) groups is 3. The molecule has 0 spiro atoms. The quantitative estimate of drug-likeness (QED) is 0.173. The number of halogens is 1. The fourth-order valence-electron chi connectivity index (χ4n) is 6.80. The first kappa shape index (κ1) is 35.4. The molecule has 272 valence electrons. The van der Waals surface area contributed by atoms with Gasteiger partial charge in [-0.05, 0) is 74.6 Å². The number of nitrogens with zero attached hydrogens (tertiary/aromatic N) is 3. The number of rotatable bonds is 8. The summed E-state index contributed by atoms with van der Waals surface area (Å²) in [7, 11) is 0. The van der Waals surface area contributed by atoms with E-state index < -0.39 is 23.9 Å². The summed E-state index contributed by atoms with van der Waals surface area (Å²) >= 11 is 0. The van der Waals surface area contributed by atoms with Gasteiger partial charge in [-0.1, -0.05) is 72.8 Å². The van der Waals surface area contributed by atoms with Gasteiger partial charge in [0.2, 0.25) is 0 Å². The topological polar surface area (TPSA) is 110 Å². The monoisotopic (exact) mass is 716 g/mol. The molecule has 1 fully saturated rings. The van der Waals surface area contributed by atoms with Gasteiger partial charge in [0.15, 0.2) is 5.75 Å². The standard InChI is InChI=1S/C42H41FN4O6/c1-42(2,3)53-40(49)45-31-20-23-46(24-21-31)41(50)52-37-32-15-10-22-44-35(32)38(51-36(28-11-6-4-7-12-28)29-13-8-5-9-14-29)34-33(37)26-47(39(34)48)25-27-16-18-30(43)19-17-27/h4-19,22,31,36H,20-21,23-26H2,1-3H3,(H,45,49). The number of fused-ring (bicyclic) bond motifs is 2. The Kier molecular flexibility index (Phi) is 9.99. The van der Waals surface area contributed by atoms with Crippen LogP contribution in [0.2, 0.25) is 0 Å². The molecule has 2 aliphatic rings. The highest BCUT2D eigenvalue weighted by Gasteiger charge is 2.39. The molecule has 1 N–H and O–H groups in total. The summed E-state index contributed by atoms with van der Waals surface area (Å²) < 4.78 is 32.3. The molecule has 3 heterocycles. The zero-order valence-electron chi connectivity index (χ0n) is 29.9. The predicted molar refractivity (Wildman–Crippen MR) is 197 cm³/mol. The minimum absolute atomic E-state index is 0.124. The molecule has 3 amide bonds. The smallest absolute Gasteiger partial charge is 0.415 e. The summed E-state index contributed by atoms with van der Waals surface area (Å²) in [6.07, 6.45) is 1.00. The summed E-state index contributed by atoms with van der Waals surface area (Å²) in [5, 5.41) is 3.42. The number of alkyl carbamates (subject to hydrolysis) is 1. The molecule has 0 atom stereocenters. The molecule has 1 saturated heterocycles. The Balaban J connectivity index is 1.24. The highest BCUT2D eigenvalue weighted by Crippen LogP contribution is 2.46. The zero-order valence-corrected chi connectivity index (χ0v) is 29.9. The minimum atomic E-state index is -0.618. The van der Waals surface area contributed by atoms with E-state index in [0.29, 0.717) is 42.4 Å². The molecule has 7 rings (SSSR count). The van der Waals surface area contributed by atoms with Crippen LogP contribution in [0.1, 0.15) is 72.3 Å². The highest BCUT2D eigenvalue weighted by atomic mass is 19.1. The Bertz CT molecular complexity index is 2070. The van der Waals surface area contributed by atoms with E-state index in [4.69, 9.17) is 19.2 Å². The van der Waals surface area contributed by atoms with Crippen molar-refractivity contribution in [3.8, 4) is 11.5 Å². The van der Waals surface area contributed by atoms with Gasteiger partial charge in [0.25, 0.3) is 5.91 Å². The Morgan fingerprint density at radius 3 is 2.15 bits per heavy atom. The molecule has 0 bridgehead atoms. The van der Waals surface area contributed by atoms with E-state index in [2.05, 4.69) is 5.32 Å². The maximum atomic E-state index is 14.5. The zero-order chi connectivity index (χ0) is 37.1. The van der Waals surface area contributed by atoms with Crippen LogP contribution in [0.3, 0.4) is 0 Å². The van der Waals surface area contributed by atoms with E-state index in [9.17, 15) is 18.8 Å². The van der Waals surface area contributed by atoms with Crippen molar-refractivity contribution >= 4 is 29.0 Å². The second-order valence-electron chi connectivity index (χ2n) is 14.3. The lowest BCUT2D eigenvalue weighted by Gasteiger charge is -2.32. The molecular weight excluding hydrogens is 675 g/mol. The third-order valence-corrected chi connectivity index (χ3v) is 9.31. The van der Waals surface area contributed by atoms with Crippen molar-refractivity contribution in [2.75, 3.05) is 13.1 Å². The van der Waals surface area contributed by atoms with Gasteiger partial charge < -0.3 is 29.3 Å². The molecular formula is C42H41FN4O6. The number of carbonyl (C=O) groups excluding carboxylic acids is 3. The molecule has 1 aromatic heterocycles. The number of ether oxygens (including phenoxy) is 3. The molecule has 0 radical (unpaired) electrons. The van der Waals surface area contributed by atoms with Gasteiger partial charge in [0.05, 0.1) is 12.1 Å². The van der Waals surface area contributed by atoms with Crippen LogP contribution in [0.5, 0.6) is 11.5 Å². The molecule has 5 aromatic rings. The van der Waals surface area contributed by atoms with Gasteiger partial charge >= 0.3 is 12.2 Å². The minimum Gasteiger partial charge on any atom is -0.478 e. The first-order valence-corrected chi connectivity index (χ1v) is 17.7. The average Bonchev–Trinajstić information content (AvgIpc) is 3.47. The third-order valence-electron chi connectivity index (χ3n) is 9.31. The van der Waals surface area contributed by atoms with Gasteiger partial charge in [0.1, 0.15) is 28.8 Å². The lowest BCUT2D eigenvalue weighted by atomic mass is 9.99. The summed E-state index contributed by atoms with van der Waals surface area (Å²) in [6.45, 7) is 6.44. The number of amides is 3. The van der Waals surface area contributed by atoms with Crippen molar-refractivity contribution in [3.63, 3.8) is 0 Å². The van der Waals surface area contributed by atoms with Crippen LogP contribution < -0.4 is 14.8 Å². The van der Waals surface area contributed by atoms with Gasteiger partial charge in [-0.25, -0.2) is 14.0 Å². The van der Waals surface area contributed by atoms with E-state index in [1.807, 2.05) is 66.7 Å². The fraction of sp³-hybridized carbons (Fsp3) is 0.286. The molecule has 0 saturated carbocycles. The van der Waals surface area contributed by atoms with Crippen LogP contribution in [0, 0.1) is 5.82 Å². The van der Waals surface area contributed by atoms with Gasteiger partial charge in [-0.15, -0.1) is 0 Å². The summed E-state index contributed by atoms with van der Waals surface area (Å²) in [5.41, 5.74) is 3.03. The van der Waals surface area contributed by atoms with E-state index in [1.54, 1.807) is 55.0 Å². The number of benzene rings is 4. The Hall–Kier alpha value is -5.97. The van der Waals surface area contributed by atoms with Crippen molar-refractivity contribution in [1.29, 1.82) is 0 Å². The van der Waals surface area contributed by atoms with E-state index in [1.165, 1.54) is 12.1 Å². The number of hydrogen-bond acceptors (Lipinski definition) is 7. The van der Waals surface area contributed by atoms with Gasteiger partial charge in [-0.3, -0.25) is 9.78 Å². The molecule has 11 heteroatoms. The van der Waals surface area contributed by atoms with E-state index in [-0.39, 0.29) is 47.9 Å². The maximum Gasteiger partial charge on any atom is 0.415 e. The molecule has 10 nitrogen and oxygen atoms in total. The molecule has 53 heavy (non-hydrogen) atoms. The summed E-state index contributed by atoms with van der Waals surface area (Å²) in [6, 6.07) is 28.9. The van der Waals surface area contributed by atoms with Crippen LogP contribution >= 0.6 is 0 Å². The molecule has 4 aromatic carbocycles. The summed E-state index contributed by atoms with van der Waals surface area (Å²) in [5.74, 6) is -0.170. The van der Waals surface area contributed by atoms with Crippen LogP contribution in [0.25, 0.3) is 10.9 Å². The van der Waals surface area contributed by atoms with E-state index in [0.717, 1.165) is 16.7 Å². The average molecular weight is 717 g/mol. The number of hydrogen-bond donors (Lipinski definition) is 1. The Morgan fingerprint density at radius 1 is 0.887 bits per heavy atom. The second-order valence-corrected chi connectivity index (χ2v) is 14.3. The number of pyridine rings is 1. The highest BCUT2D eigenvalue weighted by molar-refractivity contribution is 6.09. The summed E-state index contributed by atoms with van der Waals surface area (Å²) in [4.78, 5) is 48.6. The fourth-order valence-corrected chi connectivity index (χ4v) is 6.80. The number of likely N-dealkylation sites (tertiary alicyclic amines) is 1. The van der Waals surface area contributed by atoms with Crippen molar-refractivity contribution in [1.82, 2.24) is 20.1 Å². The second kappa shape index (κ2) is 14.9. The first-order valence-electron chi connectivity index (χ1n) is 17.7. The van der Waals surface area contributed by atoms with Crippen molar-refractivity contribution in [2.24, 2.45) is 0 Å². The van der Waals surface area contributed by atoms with E-state index >= 15 is 0 Å². The number of aromatic nitrogens is 1. The van der Waals surface area contributed by atoms with Gasteiger partial charge in [-0.2, -0.15) is 0 Å². The third kappa shape index (κ3) is 7.94. The SMILES string of the molecule is CC(C)(C)OC(=O)NC1CCN(C(=O)Oc2c3c(c(OC(c4ccccc4)c4ccccc4)c4ncccc24)C(=O)N(Cc2ccc(F)cc2)C3)CC1. The number of piperidine rings is 1. The first-order chi connectivity index (χ1) is 25.5. The van der Waals surface area contributed by atoms with Crippen molar-refractivity contribution in [3.05, 3.63) is 137 Å². The largest absolute Gasteiger partial charge is 0.478 e. The number of nitrogens with one attached hydrogen (secondary N) is 1. The molecule has 0 aliphatic carbocycles. The van der Waals surface area contributed by atoms with Crippen LogP contribution in [0.15, 0.2) is 103 Å². The molecule has 2 aliphatic heterocycles. The Morgan fingerprint density at radius 2 is 1.53 bits per heavy atom. The Labute approximate surface area is 307 Å². The molecule has 0 unspecified atom stereocenters. The van der Waals surface area contributed by atoms with Gasteiger partial charge in [0, 0.05) is 42.8 Å². The van der Waals surface area contributed by atoms with Crippen LogP contribution in [-0.4, -0.2) is 57.6 Å². The maximum absolute atomic E-state index is 14.5. The van der Waals surface area contributed by atoms with Crippen molar-refractivity contribution < 1.29 is 33.0 Å².